The first kappa shape index (κ1) is 25.1. The predicted octanol–water partition coefficient (Wildman–Crippen LogP) is 4.53. The average Bonchev–Trinajstić information content (AvgIpc) is 3.42. The molecule has 2 aromatic carbocycles. The number of fused-ring (bicyclic) bond motifs is 1. The molecule has 10 heteroatoms. The molecule has 3 N–H and O–H groups in total. The summed E-state index contributed by atoms with van der Waals surface area (Å²) in [6, 6.07) is 12.8. The Balaban J connectivity index is 1.38. The number of imidazole rings is 1. The van der Waals surface area contributed by atoms with E-state index in [0.29, 0.717) is 59.9 Å². The number of aliphatic carboxylic acids is 1. The molecule has 0 aliphatic heterocycles. The Labute approximate surface area is 219 Å². The lowest BCUT2D eigenvalue weighted by Gasteiger charge is -2.26. The molecule has 0 radical (unpaired) electrons. The zero-order valence-electron chi connectivity index (χ0n) is 21.2. The van der Waals surface area contributed by atoms with Crippen molar-refractivity contribution in [2.75, 3.05) is 19.5 Å². The third-order valence-electron chi connectivity index (χ3n) is 6.85. The monoisotopic (exact) mass is 515 g/mol. The lowest BCUT2D eigenvalue weighted by molar-refractivity contribution is -0.142. The van der Waals surface area contributed by atoms with Gasteiger partial charge in [-0.1, -0.05) is 12.1 Å². The highest BCUT2D eigenvalue weighted by Gasteiger charge is 2.27. The van der Waals surface area contributed by atoms with Crippen LogP contribution in [0.15, 0.2) is 61.1 Å². The van der Waals surface area contributed by atoms with Gasteiger partial charge in [0.2, 0.25) is 0 Å². The summed E-state index contributed by atoms with van der Waals surface area (Å²) in [5, 5.41) is 15.6. The third-order valence-corrected chi connectivity index (χ3v) is 6.85. The molecule has 38 heavy (non-hydrogen) atoms. The Morgan fingerprint density at radius 1 is 1.03 bits per heavy atom. The van der Waals surface area contributed by atoms with Gasteiger partial charge in [0, 0.05) is 47.5 Å². The van der Waals surface area contributed by atoms with Gasteiger partial charge in [0.05, 0.1) is 25.8 Å². The first-order chi connectivity index (χ1) is 18.4. The number of carboxylic acids is 1. The van der Waals surface area contributed by atoms with Crippen LogP contribution in [0.3, 0.4) is 0 Å². The highest BCUT2D eigenvalue weighted by atomic mass is 16.5. The maximum absolute atomic E-state index is 13.0. The lowest BCUT2D eigenvalue weighted by atomic mass is 9.86. The van der Waals surface area contributed by atoms with Crippen LogP contribution in [0, 0.1) is 5.92 Å². The molecule has 2 heterocycles. The molecule has 1 saturated carbocycles. The zero-order valence-corrected chi connectivity index (χ0v) is 21.2. The number of carbonyl (C=O) groups excluding carboxylic acids is 1. The Morgan fingerprint density at radius 2 is 1.82 bits per heavy atom. The van der Waals surface area contributed by atoms with Crippen molar-refractivity contribution in [3.63, 3.8) is 0 Å². The van der Waals surface area contributed by atoms with Crippen LogP contribution in [0.2, 0.25) is 0 Å². The van der Waals surface area contributed by atoms with E-state index < -0.39 is 5.97 Å². The molecule has 0 saturated heterocycles. The van der Waals surface area contributed by atoms with E-state index in [2.05, 4.69) is 15.6 Å². The number of benzene rings is 2. The molecule has 0 unspecified atom stereocenters. The molecular weight excluding hydrogens is 486 g/mol. The second-order valence-electron chi connectivity index (χ2n) is 9.27. The van der Waals surface area contributed by atoms with E-state index in [1.165, 1.54) is 0 Å². The number of hydrogen-bond donors (Lipinski definition) is 3. The molecule has 1 amide bonds. The fourth-order valence-corrected chi connectivity index (χ4v) is 4.78. The summed E-state index contributed by atoms with van der Waals surface area (Å²) >= 11 is 0. The lowest BCUT2D eigenvalue weighted by Crippen LogP contribution is -2.38. The number of ether oxygens (including phenoxy) is 2. The van der Waals surface area contributed by atoms with E-state index in [9.17, 15) is 14.7 Å². The number of anilines is 2. The first-order valence-corrected chi connectivity index (χ1v) is 12.4. The smallest absolute Gasteiger partial charge is 0.306 e. The maximum atomic E-state index is 13.0. The fraction of sp³-hybridized carbons (Fsp3) is 0.286. The van der Waals surface area contributed by atoms with Crippen molar-refractivity contribution in [3.8, 4) is 22.8 Å². The van der Waals surface area contributed by atoms with Crippen LogP contribution in [-0.2, 0) is 4.79 Å². The van der Waals surface area contributed by atoms with Crippen LogP contribution < -0.4 is 20.1 Å². The predicted molar refractivity (Wildman–Crippen MR) is 142 cm³/mol. The van der Waals surface area contributed by atoms with Crippen molar-refractivity contribution >= 4 is 29.0 Å². The molecule has 0 bridgehead atoms. The van der Waals surface area contributed by atoms with E-state index in [1.807, 2.05) is 53.2 Å². The van der Waals surface area contributed by atoms with Crippen LogP contribution in [-0.4, -0.2) is 51.6 Å². The van der Waals surface area contributed by atoms with Crippen LogP contribution in [0.4, 0.5) is 11.5 Å². The van der Waals surface area contributed by atoms with Crippen LogP contribution >= 0.6 is 0 Å². The maximum Gasteiger partial charge on any atom is 0.306 e. The molecular formula is C28H29N5O5. The number of nitrogens with zero attached hydrogens (tertiary/aromatic N) is 3. The summed E-state index contributed by atoms with van der Waals surface area (Å²) in [5.74, 6) is 0.490. The standard InChI is InChI=1S/C28H29N5O5/c1-37-23-11-10-21(15-24(23)38-2)30-25-26-29-12-13-33(26)16-22(32-25)18-4-3-5-19(14-18)27(34)31-20-8-6-17(7-9-20)28(35)36/h3-5,10-17,20H,6-9H2,1-2H3,(H,30,32)(H,31,34)(H,35,36). The van der Waals surface area contributed by atoms with Gasteiger partial charge in [-0.2, -0.15) is 0 Å². The van der Waals surface area contributed by atoms with Gasteiger partial charge in [-0.25, -0.2) is 9.97 Å². The molecule has 1 aliphatic rings. The number of hydrogen-bond acceptors (Lipinski definition) is 7. The van der Waals surface area contributed by atoms with Crippen molar-refractivity contribution in [2.24, 2.45) is 5.92 Å². The van der Waals surface area contributed by atoms with Crippen molar-refractivity contribution in [1.29, 1.82) is 0 Å². The summed E-state index contributed by atoms with van der Waals surface area (Å²) < 4.78 is 12.6. The Kier molecular flexibility index (Phi) is 7.12. The number of carboxylic acid groups (broad SMARTS) is 1. The first-order valence-electron chi connectivity index (χ1n) is 12.4. The minimum absolute atomic E-state index is 0.0283. The van der Waals surface area contributed by atoms with Crippen molar-refractivity contribution in [1.82, 2.24) is 19.7 Å². The summed E-state index contributed by atoms with van der Waals surface area (Å²) in [7, 11) is 3.17. The number of aromatic nitrogens is 3. The largest absolute Gasteiger partial charge is 0.493 e. The molecule has 4 aromatic rings. The quantitative estimate of drug-likeness (QED) is 0.312. The van der Waals surface area contributed by atoms with Gasteiger partial charge in [0.25, 0.3) is 5.91 Å². The number of nitrogens with one attached hydrogen (secondary N) is 2. The van der Waals surface area contributed by atoms with E-state index in [1.54, 1.807) is 26.5 Å². The Hall–Kier alpha value is -4.60. The van der Waals surface area contributed by atoms with Crippen molar-refractivity contribution in [3.05, 3.63) is 66.6 Å². The normalized spacial score (nSPS) is 17.1. The number of carbonyl (C=O) groups is 2. The van der Waals surface area contributed by atoms with E-state index in [4.69, 9.17) is 14.5 Å². The Bertz CT molecular complexity index is 1480. The van der Waals surface area contributed by atoms with E-state index in [-0.39, 0.29) is 17.9 Å². The summed E-state index contributed by atoms with van der Waals surface area (Å²) in [5.41, 5.74) is 3.36. The van der Waals surface area contributed by atoms with Crippen molar-refractivity contribution in [2.45, 2.75) is 31.7 Å². The molecule has 2 aromatic heterocycles. The topological polar surface area (TPSA) is 127 Å². The molecule has 0 spiro atoms. The van der Waals surface area contributed by atoms with Gasteiger partial charge in [-0.3, -0.25) is 9.59 Å². The molecule has 0 atom stereocenters. The molecule has 10 nitrogen and oxygen atoms in total. The van der Waals surface area contributed by atoms with Gasteiger partial charge in [-0.15, -0.1) is 0 Å². The highest BCUT2D eigenvalue weighted by molar-refractivity contribution is 5.95. The molecule has 196 valence electrons. The van der Waals surface area contributed by atoms with E-state index in [0.717, 1.165) is 11.3 Å². The number of rotatable bonds is 8. The minimum Gasteiger partial charge on any atom is -0.493 e. The highest BCUT2D eigenvalue weighted by Crippen LogP contribution is 2.32. The number of amides is 1. The van der Waals surface area contributed by atoms with Gasteiger partial charge in [-0.05, 0) is 49.9 Å². The van der Waals surface area contributed by atoms with Crippen molar-refractivity contribution < 1.29 is 24.2 Å². The summed E-state index contributed by atoms with van der Waals surface area (Å²) in [6.45, 7) is 0. The molecule has 1 aliphatic carbocycles. The fourth-order valence-electron chi connectivity index (χ4n) is 4.78. The third kappa shape index (κ3) is 5.24. The van der Waals surface area contributed by atoms with Gasteiger partial charge >= 0.3 is 5.97 Å². The molecule has 5 rings (SSSR count). The average molecular weight is 516 g/mol. The SMILES string of the molecule is COc1ccc(Nc2nc(-c3cccc(C(=O)NC4CCC(C(=O)O)CC4)c3)cn3ccnc23)cc1OC. The van der Waals surface area contributed by atoms with Crippen LogP contribution in [0.5, 0.6) is 11.5 Å². The minimum atomic E-state index is -0.759. The second kappa shape index (κ2) is 10.8. The van der Waals surface area contributed by atoms with Crippen LogP contribution in [0.1, 0.15) is 36.0 Å². The zero-order chi connectivity index (χ0) is 26.6. The van der Waals surface area contributed by atoms with Gasteiger partial charge < -0.3 is 29.6 Å². The summed E-state index contributed by atoms with van der Waals surface area (Å²) in [4.78, 5) is 33.5. The van der Waals surface area contributed by atoms with E-state index >= 15 is 0 Å². The summed E-state index contributed by atoms with van der Waals surface area (Å²) in [6.07, 6.45) is 7.87. The number of methoxy groups -OCH3 is 2. The Morgan fingerprint density at radius 3 is 2.55 bits per heavy atom. The van der Waals surface area contributed by atoms with Crippen LogP contribution in [0.25, 0.3) is 16.9 Å². The van der Waals surface area contributed by atoms with Gasteiger partial charge in [0.1, 0.15) is 0 Å². The second-order valence-corrected chi connectivity index (χ2v) is 9.27. The molecule has 1 fully saturated rings. The van der Waals surface area contributed by atoms with Gasteiger partial charge in [0.15, 0.2) is 23.0 Å².